The Morgan fingerprint density at radius 1 is 1.00 bits per heavy atom. The molecule has 0 atom stereocenters. The molecular weight excluding hydrogens is 394 g/mol. The van der Waals surface area contributed by atoms with Crippen molar-refractivity contribution >= 4 is 16.7 Å². The van der Waals surface area contributed by atoms with Gasteiger partial charge in [0.05, 0.1) is 17.3 Å². The summed E-state index contributed by atoms with van der Waals surface area (Å²) in [5.41, 5.74) is 6.85. The van der Waals surface area contributed by atoms with Gasteiger partial charge in [-0.25, -0.2) is 4.98 Å². The highest BCUT2D eigenvalue weighted by molar-refractivity contribution is 5.79. The van der Waals surface area contributed by atoms with Crippen LogP contribution in [-0.4, -0.2) is 22.6 Å². The predicted molar refractivity (Wildman–Crippen MR) is 132 cm³/mol. The zero-order chi connectivity index (χ0) is 22.1. The number of fused-ring (bicyclic) bond motifs is 2. The number of hydrogen-bond acceptors (Lipinski definition) is 3. The van der Waals surface area contributed by atoms with E-state index < -0.39 is 0 Å². The van der Waals surface area contributed by atoms with Gasteiger partial charge in [0.25, 0.3) is 0 Å². The van der Waals surface area contributed by atoms with E-state index in [0.29, 0.717) is 6.04 Å². The van der Waals surface area contributed by atoms with E-state index in [9.17, 15) is 4.79 Å². The van der Waals surface area contributed by atoms with Crippen LogP contribution < -0.4 is 10.3 Å². The second-order valence-electron chi connectivity index (χ2n) is 8.76. The topological polar surface area (TPSA) is 38.1 Å². The van der Waals surface area contributed by atoms with Crippen molar-refractivity contribution in [3.8, 4) is 0 Å². The standard InChI is InChI=1S/C28H29N3O/c1-3-31-19-23(14-13-20-9-5-4-6-10-20)27(32)26-17-25(18-29-28(26)31)30(2)24-15-21-11-7-8-12-22(21)16-24/h4-12,17-19,24H,3,13-16H2,1-2H3. The van der Waals surface area contributed by atoms with E-state index in [1.807, 2.05) is 36.7 Å². The molecule has 0 saturated carbocycles. The van der Waals surface area contributed by atoms with Gasteiger partial charge in [-0.2, -0.15) is 0 Å². The maximum atomic E-state index is 13.4. The number of aromatic nitrogens is 2. The highest BCUT2D eigenvalue weighted by atomic mass is 16.1. The first-order valence-corrected chi connectivity index (χ1v) is 11.5. The first-order chi connectivity index (χ1) is 15.6. The fourth-order valence-corrected chi connectivity index (χ4v) is 4.88. The van der Waals surface area contributed by atoms with E-state index in [2.05, 4.69) is 59.8 Å². The summed E-state index contributed by atoms with van der Waals surface area (Å²) in [5.74, 6) is 0. The molecule has 0 spiro atoms. The SMILES string of the molecule is CCn1cc(CCc2ccccc2)c(=O)c2cc(N(C)C3Cc4ccccc4C3)cnc21. The van der Waals surface area contributed by atoms with E-state index in [4.69, 9.17) is 4.98 Å². The van der Waals surface area contributed by atoms with Gasteiger partial charge >= 0.3 is 0 Å². The van der Waals surface area contributed by atoms with Crippen molar-refractivity contribution < 1.29 is 0 Å². The Bertz CT molecular complexity index is 1280. The molecule has 1 aliphatic rings. The molecule has 4 nitrogen and oxygen atoms in total. The molecule has 0 saturated heterocycles. The lowest BCUT2D eigenvalue weighted by molar-refractivity contribution is 0.666. The molecule has 0 unspecified atom stereocenters. The monoisotopic (exact) mass is 423 g/mol. The summed E-state index contributed by atoms with van der Waals surface area (Å²) >= 11 is 0. The van der Waals surface area contributed by atoms with Gasteiger partial charge in [0.15, 0.2) is 5.43 Å². The van der Waals surface area contributed by atoms with Crippen LogP contribution in [0.25, 0.3) is 11.0 Å². The highest BCUT2D eigenvalue weighted by Gasteiger charge is 2.25. The van der Waals surface area contributed by atoms with Crippen molar-refractivity contribution in [2.45, 2.75) is 45.2 Å². The van der Waals surface area contributed by atoms with E-state index in [1.165, 1.54) is 16.7 Å². The maximum absolute atomic E-state index is 13.4. The normalized spacial score (nSPS) is 13.4. The average Bonchev–Trinajstić information content (AvgIpc) is 3.28. The van der Waals surface area contributed by atoms with Crippen molar-refractivity contribution in [3.63, 3.8) is 0 Å². The summed E-state index contributed by atoms with van der Waals surface area (Å²) in [5, 5.41) is 0.720. The summed E-state index contributed by atoms with van der Waals surface area (Å²) in [6.45, 7) is 2.89. The Labute approximate surface area is 189 Å². The number of nitrogens with zero attached hydrogens (tertiary/aromatic N) is 3. The van der Waals surface area contributed by atoms with Gasteiger partial charge in [-0.1, -0.05) is 54.6 Å². The Balaban J connectivity index is 1.47. The number of benzene rings is 2. The first-order valence-electron chi connectivity index (χ1n) is 11.5. The zero-order valence-corrected chi connectivity index (χ0v) is 18.8. The number of aryl methyl sites for hydroxylation is 3. The van der Waals surface area contributed by atoms with Crippen LogP contribution in [-0.2, 0) is 32.2 Å². The smallest absolute Gasteiger partial charge is 0.194 e. The lowest BCUT2D eigenvalue weighted by Crippen LogP contribution is -2.32. The van der Waals surface area contributed by atoms with E-state index in [0.717, 1.165) is 54.5 Å². The molecule has 2 heterocycles. The minimum Gasteiger partial charge on any atom is -0.370 e. The van der Waals surface area contributed by atoms with Gasteiger partial charge in [-0.3, -0.25) is 4.79 Å². The molecule has 32 heavy (non-hydrogen) atoms. The van der Waals surface area contributed by atoms with Crippen LogP contribution in [0.3, 0.4) is 0 Å². The van der Waals surface area contributed by atoms with Crippen molar-refractivity contribution in [2.24, 2.45) is 0 Å². The van der Waals surface area contributed by atoms with Crippen molar-refractivity contribution in [3.05, 3.63) is 106 Å². The third-order valence-electron chi connectivity index (χ3n) is 6.82. The molecule has 4 aromatic rings. The second kappa shape index (κ2) is 8.62. The van der Waals surface area contributed by atoms with Crippen LogP contribution in [0.2, 0.25) is 0 Å². The molecule has 4 heteroatoms. The quantitative estimate of drug-likeness (QED) is 0.447. The van der Waals surface area contributed by atoms with Crippen LogP contribution in [0, 0.1) is 0 Å². The lowest BCUT2D eigenvalue weighted by atomic mass is 10.0. The maximum Gasteiger partial charge on any atom is 0.194 e. The number of anilines is 1. The Hall–Kier alpha value is -3.40. The third-order valence-corrected chi connectivity index (χ3v) is 6.82. The molecule has 0 bridgehead atoms. The Morgan fingerprint density at radius 3 is 2.38 bits per heavy atom. The Kier molecular flexibility index (Phi) is 5.52. The first kappa shape index (κ1) is 20.5. The molecule has 5 rings (SSSR count). The molecule has 0 amide bonds. The largest absolute Gasteiger partial charge is 0.370 e. The van der Waals surface area contributed by atoms with Crippen molar-refractivity contribution in [1.29, 1.82) is 0 Å². The molecule has 162 valence electrons. The predicted octanol–water partition coefficient (Wildman–Crippen LogP) is 4.81. The number of hydrogen-bond donors (Lipinski definition) is 0. The minimum atomic E-state index is 0.109. The van der Waals surface area contributed by atoms with Crippen LogP contribution in [0.4, 0.5) is 5.69 Å². The van der Waals surface area contributed by atoms with Gasteiger partial charge in [0, 0.05) is 31.4 Å². The molecule has 0 N–H and O–H groups in total. The van der Waals surface area contributed by atoms with Gasteiger partial charge in [-0.15, -0.1) is 0 Å². The van der Waals surface area contributed by atoms with Gasteiger partial charge < -0.3 is 9.47 Å². The van der Waals surface area contributed by atoms with Crippen LogP contribution >= 0.6 is 0 Å². The van der Waals surface area contributed by atoms with E-state index >= 15 is 0 Å². The van der Waals surface area contributed by atoms with Crippen molar-refractivity contribution in [2.75, 3.05) is 11.9 Å². The van der Waals surface area contributed by atoms with Crippen LogP contribution in [0.1, 0.15) is 29.2 Å². The minimum absolute atomic E-state index is 0.109. The van der Waals surface area contributed by atoms with Crippen LogP contribution in [0.15, 0.2) is 77.9 Å². The molecule has 0 aliphatic heterocycles. The summed E-state index contributed by atoms with van der Waals surface area (Å²) in [6, 6.07) is 21.5. The number of pyridine rings is 2. The molecule has 1 aliphatic carbocycles. The highest BCUT2D eigenvalue weighted by Crippen LogP contribution is 2.28. The molecular formula is C28H29N3O. The van der Waals surface area contributed by atoms with Gasteiger partial charge in [0.1, 0.15) is 5.65 Å². The second-order valence-corrected chi connectivity index (χ2v) is 8.76. The third kappa shape index (κ3) is 3.81. The molecule has 0 radical (unpaired) electrons. The Morgan fingerprint density at radius 2 is 1.69 bits per heavy atom. The summed E-state index contributed by atoms with van der Waals surface area (Å²) in [4.78, 5) is 20.4. The zero-order valence-electron chi connectivity index (χ0n) is 18.8. The number of rotatable bonds is 6. The molecule has 2 aromatic heterocycles. The average molecular weight is 424 g/mol. The fraction of sp³-hybridized carbons (Fsp3) is 0.286. The lowest BCUT2D eigenvalue weighted by Gasteiger charge is -2.26. The van der Waals surface area contributed by atoms with Gasteiger partial charge in [-0.05, 0) is 55.4 Å². The van der Waals surface area contributed by atoms with E-state index in [-0.39, 0.29) is 5.43 Å². The summed E-state index contributed by atoms with van der Waals surface area (Å²) < 4.78 is 2.10. The number of likely N-dealkylation sites (N-methyl/N-ethyl adjacent to an activating group) is 1. The van der Waals surface area contributed by atoms with E-state index in [1.54, 1.807) is 0 Å². The van der Waals surface area contributed by atoms with Crippen molar-refractivity contribution in [1.82, 2.24) is 9.55 Å². The summed E-state index contributed by atoms with van der Waals surface area (Å²) in [7, 11) is 2.12. The molecule has 2 aromatic carbocycles. The summed E-state index contributed by atoms with van der Waals surface area (Å²) in [6.07, 6.45) is 7.57. The fourth-order valence-electron chi connectivity index (χ4n) is 4.88. The van der Waals surface area contributed by atoms with Crippen LogP contribution in [0.5, 0.6) is 0 Å². The van der Waals surface area contributed by atoms with Gasteiger partial charge in [0.2, 0.25) is 0 Å². The molecule has 0 fully saturated rings.